The normalized spacial score (nSPS) is 20.9. The summed E-state index contributed by atoms with van der Waals surface area (Å²) < 4.78 is 18.7. The number of hydrogen-bond acceptors (Lipinski definition) is 18. The van der Waals surface area contributed by atoms with Crippen molar-refractivity contribution in [1.82, 2.24) is 47.9 Å². The maximum absolute atomic E-state index is 15.8. The first-order valence-corrected chi connectivity index (χ1v) is 30.3. The lowest BCUT2D eigenvalue weighted by molar-refractivity contribution is -0.143. The van der Waals surface area contributed by atoms with Crippen molar-refractivity contribution in [3.63, 3.8) is 0 Å². The molecule has 9 amide bonds. The molecule has 10 rings (SSSR count). The highest BCUT2D eigenvalue weighted by Gasteiger charge is 2.42. The summed E-state index contributed by atoms with van der Waals surface area (Å²) in [6.07, 6.45) is 0.410. The lowest BCUT2D eigenvalue weighted by atomic mass is 9.89. The summed E-state index contributed by atoms with van der Waals surface area (Å²) in [7, 11) is 2.72. The van der Waals surface area contributed by atoms with Gasteiger partial charge in [0.05, 0.1) is 29.6 Å². The highest BCUT2D eigenvalue weighted by Crippen LogP contribution is 2.48. The van der Waals surface area contributed by atoms with Crippen molar-refractivity contribution in [2.24, 2.45) is 5.92 Å². The molecule has 5 aliphatic heterocycles. The fourth-order valence-electron chi connectivity index (χ4n) is 10.8. The van der Waals surface area contributed by atoms with Gasteiger partial charge >= 0.3 is 12.0 Å². The SMILES string of the molecule is CCCCCCCCNC(=O)NC(=O)C[C@@H]1NC(=O)[C@H](NC(=O)[C@@H](CC(C)C)NC)[C@H](O)c2ccc(c(Cl)c2)Oc2cc3cc(c2OC)Oc2ccc(cc2Cl)[C@@H](O)[C@H]2NC(=O)[C@H](NC(=O)[C@@H]3NC1=O)c1ccc(O)c(c1)-c1c(O)cc(O)cc1[C@@H](C(=O)O)NC2=O. The van der Waals surface area contributed by atoms with Crippen molar-refractivity contribution in [2.75, 3.05) is 20.7 Å². The van der Waals surface area contributed by atoms with E-state index >= 15 is 14.4 Å². The molecular weight excluding hydrogens is 1240 g/mol. The number of phenols is 3. The second kappa shape index (κ2) is 30.1. The standard InChI is InChI=1S/C63H71Cl2N9O18/c1-6-7-8-9-10-11-18-67-63(89)69-46(78)27-39-57(82)70-49-32-23-44(91-42-16-13-30(21-36(42)64)53(79)51(60(85)68-39)73-56(81)38(66-4)19-28(2)3)55(90-5)45(24-32)92-43-17-14-31(22-37(43)65)54(80)52-61(86)72-50(62(87)88)35-25-33(75)26-41(77)47(35)34-20-29(12-15-40(34)76)48(58(83)74-52)71-59(49)84/h12-17,20-26,28,38-39,48-54,66,75-77,79-80H,6-11,18-19,27H2,1-5H3,(H,68,85)(H,70,82)(H,71,84)(H,72,86)(H,73,81)(H,74,83)(H,87,88)(H2,67,69,78,89)/t38-,39+,48-,49-,50+,51-,52-,53-,54-/m1/s1. The third-order valence-corrected chi connectivity index (χ3v) is 16.2. The van der Waals surface area contributed by atoms with Gasteiger partial charge in [0.15, 0.2) is 17.5 Å². The number of fused-ring (bicyclic) bond motifs is 15. The Kier molecular flexibility index (Phi) is 22.4. The van der Waals surface area contributed by atoms with Crippen LogP contribution in [0.15, 0.2) is 78.9 Å². The van der Waals surface area contributed by atoms with Crippen LogP contribution in [-0.4, -0.2) is 129 Å². The average molecular weight is 1310 g/mol. The van der Waals surface area contributed by atoms with Crippen molar-refractivity contribution < 1.29 is 88.0 Å². The first-order valence-electron chi connectivity index (χ1n) is 29.5. The van der Waals surface area contributed by atoms with Crippen LogP contribution in [0, 0.1) is 5.92 Å². The number of urea groups is 1. The van der Waals surface area contributed by atoms with E-state index in [1.165, 1.54) is 56.6 Å². The molecule has 0 aliphatic carbocycles. The van der Waals surface area contributed by atoms with Gasteiger partial charge in [-0.05, 0) is 103 Å². The molecule has 9 atom stereocenters. The number of aliphatic hydroxyl groups excluding tert-OH is 2. The zero-order chi connectivity index (χ0) is 66.8. The average Bonchev–Trinajstić information content (AvgIpc) is 0.777. The number of methoxy groups -OCH3 is 1. The third kappa shape index (κ3) is 16.0. The molecule has 0 aromatic heterocycles. The predicted octanol–water partition coefficient (Wildman–Crippen LogP) is 5.40. The molecule has 15 N–H and O–H groups in total. The van der Waals surface area contributed by atoms with Crippen molar-refractivity contribution in [3.8, 4) is 57.1 Å². The van der Waals surface area contributed by atoms with E-state index in [9.17, 15) is 59.4 Å². The number of aliphatic carboxylic acids is 1. The molecule has 29 heteroatoms. The molecule has 0 saturated carbocycles. The maximum atomic E-state index is 15.8. The quantitative estimate of drug-likeness (QED) is 0.0550. The minimum Gasteiger partial charge on any atom is -0.508 e. The van der Waals surface area contributed by atoms with Gasteiger partial charge in [0.1, 0.15) is 71.2 Å². The number of likely N-dealkylation sites (N-methyl/N-ethyl adjacent to an activating group) is 1. The van der Waals surface area contributed by atoms with Crippen molar-refractivity contribution in [2.45, 2.75) is 127 Å². The van der Waals surface area contributed by atoms with Crippen LogP contribution in [0.4, 0.5) is 4.79 Å². The van der Waals surface area contributed by atoms with Crippen LogP contribution >= 0.6 is 23.2 Å². The molecule has 5 aliphatic rings. The van der Waals surface area contributed by atoms with E-state index < -0.39 is 148 Å². The number of nitrogens with one attached hydrogen (secondary N) is 9. The van der Waals surface area contributed by atoms with Crippen LogP contribution in [-0.2, 0) is 38.4 Å². The first-order chi connectivity index (χ1) is 43.8. The Hall–Kier alpha value is -9.41. The first kappa shape index (κ1) is 68.5. The van der Waals surface area contributed by atoms with Gasteiger partial charge < -0.3 is 87.4 Å². The number of carbonyl (C=O) groups is 9. The number of carbonyl (C=O) groups excluding carboxylic acids is 8. The Morgan fingerprint density at radius 3 is 1.86 bits per heavy atom. The fourth-order valence-corrected chi connectivity index (χ4v) is 11.3. The van der Waals surface area contributed by atoms with E-state index in [0.29, 0.717) is 6.42 Å². The van der Waals surface area contributed by atoms with Gasteiger partial charge in [0, 0.05) is 29.3 Å². The zero-order valence-electron chi connectivity index (χ0n) is 50.5. The summed E-state index contributed by atoms with van der Waals surface area (Å²) in [5.74, 6) is -13.8. The molecule has 5 heterocycles. The monoisotopic (exact) mass is 1310 g/mol. The van der Waals surface area contributed by atoms with Gasteiger partial charge in [-0.25, -0.2) is 9.59 Å². The van der Waals surface area contributed by atoms with Crippen LogP contribution in [0.25, 0.3) is 11.1 Å². The van der Waals surface area contributed by atoms with Crippen LogP contribution < -0.4 is 62.1 Å². The number of amides is 9. The highest BCUT2D eigenvalue weighted by atomic mass is 35.5. The van der Waals surface area contributed by atoms with Crippen LogP contribution in [0.5, 0.6) is 46.0 Å². The minimum atomic E-state index is -2.19. The molecule has 0 spiro atoms. The summed E-state index contributed by atoms with van der Waals surface area (Å²) in [6, 6.07) is 0.0630. The van der Waals surface area contributed by atoms with Gasteiger partial charge in [-0.15, -0.1) is 0 Å². The number of carboxylic acid groups (broad SMARTS) is 1. The maximum Gasteiger partial charge on any atom is 0.330 e. The number of ether oxygens (including phenoxy) is 3. The molecule has 5 aromatic carbocycles. The number of hydrogen-bond donors (Lipinski definition) is 15. The number of carboxylic acids is 1. The van der Waals surface area contributed by atoms with Gasteiger partial charge in [0.2, 0.25) is 47.1 Å². The van der Waals surface area contributed by atoms with E-state index in [1.54, 1.807) is 0 Å². The van der Waals surface area contributed by atoms with E-state index in [1.807, 2.05) is 13.8 Å². The van der Waals surface area contributed by atoms with Crippen molar-refractivity contribution in [1.29, 1.82) is 0 Å². The summed E-state index contributed by atoms with van der Waals surface area (Å²) in [4.78, 5) is 130. The molecule has 0 fully saturated rings. The smallest absolute Gasteiger partial charge is 0.330 e. The van der Waals surface area contributed by atoms with Crippen LogP contribution in [0.2, 0.25) is 10.0 Å². The Morgan fingerprint density at radius 1 is 0.652 bits per heavy atom. The molecule has 0 unspecified atom stereocenters. The number of phenolic OH excluding ortho intramolecular Hbond substituents is 3. The number of imide groups is 1. The van der Waals surface area contributed by atoms with Crippen molar-refractivity contribution in [3.05, 3.63) is 117 Å². The lowest BCUT2D eigenvalue weighted by Crippen LogP contribution is -2.59. The number of unbranched alkanes of at least 4 members (excludes halogenated alkanes) is 5. The van der Waals surface area contributed by atoms with E-state index in [2.05, 4.69) is 54.8 Å². The van der Waals surface area contributed by atoms with Gasteiger partial charge in [-0.3, -0.25) is 38.9 Å². The molecule has 490 valence electrons. The second-order valence-corrected chi connectivity index (χ2v) is 23.5. The molecule has 5 aromatic rings. The summed E-state index contributed by atoms with van der Waals surface area (Å²) in [5.41, 5.74) is -2.22. The number of aliphatic hydroxyl groups is 2. The Morgan fingerprint density at radius 2 is 1.25 bits per heavy atom. The molecular formula is C63H71Cl2N9O18. The molecule has 92 heavy (non-hydrogen) atoms. The number of rotatable bonds is 16. The topological polar surface area (TPSA) is 411 Å². The molecule has 11 bridgehead atoms. The van der Waals surface area contributed by atoms with Gasteiger partial charge in [-0.2, -0.15) is 0 Å². The van der Waals surface area contributed by atoms with E-state index in [-0.39, 0.29) is 79.9 Å². The Labute approximate surface area is 537 Å². The largest absolute Gasteiger partial charge is 0.508 e. The highest BCUT2D eigenvalue weighted by molar-refractivity contribution is 6.32. The van der Waals surface area contributed by atoms with Crippen LogP contribution in [0.1, 0.15) is 130 Å². The Bertz CT molecular complexity index is 3680. The number of aromatic hydroxyl groups is 3. The fraction of sp³-hybridized carbons (Fsp3) is 0.381. The Balaban J connectivity index is 1.34. The van der Waals surface area contributed by atoms with Crippen molar-refractivity contribution >= 4 is 76.6 Å². The lowest BCUT2D eigenvalue weighted by Gasteiger charge is -2.31. The summed E-state index contributed by atoms with van der Waals surface area (Å²) in [6.45, 7) is 5.93. The molecule has 27 nitrogen and oxygen atoms in total. The van der Waals surface area contributed by atoms with E-state index in [4.69, 9.17) is 37.4 Å². The third-order valence-electron chi connectivity index (χ3n) is 15.6. The van der Waals surface area contributed by atoms with Crippen LogP contribution in [0.3, 0.4) is 0 Å². The second-order valence-electron chi connectivity index (χ2n) is 22.7. The van der Waals surface area contributed by atoms with Gasteiger partial charge in [-0.1, -0.05) is 94.3 Å². The minimum absolute atomic E-state index is 0.0580. The zero-order valence-corrected chi connectivity index (χ0v) is 52.0. The number of halogens is 2. The van der Waals surface area contributed by atoms with Gasteiger partial charge in [0.25, 0.3) is 0 Å². The summed E-state index contributed by atoms with van der Waals surface area (Å²) in [5, 5.41) is 90.4. The predicted molar refractivity (Wildman–Crippen MR) is 331 cm³/mol. The molecule has 0 radical (unpaired) electrons. The summed E-state index contributed by atoms with van der Waals surface area (Å²) >= 11 is 13.8. The molecule has 0 saturated heterocycles. The van der Waals surface area contributed by atoms with E-state index in [0.717, 1.165) is 68.5 Å². The number of benzene rings is 5.